The van der Waals surface area contributed by atoms with Gasteiger partial charge >= 0.3 is 0 Å². The average molecular weight is 352 g/mol. The number of hydrogen-bond donors (Lipinski definition) is 2. The Balaban J connectivity index is 2.04. The first-order valence-electron chi connectivity index (χ1n) is 8.38. The summed E-state index contributed by atoms with van der Waals surface area (Å²) >= 11 is 0. The van der Waals surface area contributed by atoms with Gasteiger partial charge in [-0.3, -0.25) is 0 Å². The highest BCUT2D eigenvalue weighted by molar-refractivity contribution is 7.89. The molecule has 0 spiro atoms. The van der Waals surface area contributed by atoms with Gasteiger partial charge < -0.3 is 9.40 Å². The van der Waals surface area contributed by atoms with E-state index >= 15 is 0 Å². The van der Waals surface area contributed by atoms with Crippen LogP contribution in [-0.2, 0) is 10.0 Å². The van der Waals surface area contributed by atoms with E-state index < -0.39 is 10.0 Å². The minimum atomic E-state index is -3.67. The number of hydrogen-bond acceptors (Lipinski definition) is 5. The highest BCUT2D eigenvalue weighted by atomic mass is 32.2. The second-order valence-corrected chi connectivity index (χ2v) is 8.23. The van der Waals surface area contributed by atoms with Crippen molar-refractivity contribution in [1.82, 2.24) is 19.9 Å². The van der Waals surface area contributed by atoms with E-state index in [1.54, 1.807) is 6.92 Å². The fourth-order valence-corrected chi connectivity index (χ4v) is 4.69. The van der Waals surface area contributed by atoms with Gasteiger partial charge in [-0.1, -0.05) is 13.3 Å². The first-order chi connectivity index (χ1) is 11.3. The molecular weight excluding hydrogens is 328 g/mol. The van der Waals surface area contributed by atoms with Crippen molar-refractivity contribution in [2.24, 2.45) is 0 Å². The van der Waals surface area contributed by atoms with Gasteiger partial charge in [0.1, 0.15) is 4.90 Å². The highest BCUT2D eigenvalue weighted by Crippen LogP contribution is 2.38. The predicted octanol–water partition coefficient (Wildman–Crippen LogP) is 3.03. The van der Waals surface area contributed by atoms with Crippen LogP contribution in [0, 0.1) is 13.8 Å². The predicted molar refractivity (Wildman–Crippen MR) is 90.2 cm³/mol. The summed E-state index contributed by atoms with van der Waals surface area (Å²) in [5, 5.41) is 8.23. The van der Waals surface area contributed by atoms with Gasteiger partial charge in [0.05, 0.1) is 5.56 Å². The van der Waals surface area contributed by atoms with Crippen molar-refractivity contribution < 1.29 is 12.8 Å². The molecule has 1 aliphatic carbocycles. The molecule has 0 bridgehead atoms. The van der Waals surface area contributed by atoms with Crippen LogP contribution in [0.2, 0.25) is 0 Å². The maximum absolute atomic E-state index is 12.8. The summed E-state index contributed by atoms with van der Waals surface area (Å²) in [6.07, 6.45) is 3.98. The standard InChI is InChI=1S/C16H24N4O3S/c1-5-9(2)20-24(21,22)14-11(4)17-10(3)13(14)16-19-18-15(23-16)12-7-6-8-12/h9,12,17,20H,5-8H2,1-4H3. The third-order valence-electron chi connectivity index (χ3n) is 4.66. The minimum absolute atomic E-state index is 0.148. The third kappa shape index (κ3) is 3.00. The Bertz CT molecular complexity index is 834. The number of H-pyrrole nitrogens is 1. The quantitative estimate of drug-likeness (QED) is 0.832. The minimum Gasteiger partial charge on any atom is -0.420 e. The van der Waals surface area contributed by atoms with Gasteiger partial charge in [-0.05, 0) is 40.0 Å². The van der Waals surface area contributed by atoms with Gasteiger partial charge in [-0.15, -0.1) is 10.2 Å². The summed E-state index contributed by atoms with van der Waals surface area (Å²) in [4.78, 5) is 3.29. The Kier molecular flexibility index (Phi) is 4.52. The molecule has 132 valence electrons. The molecule has 7 nitrogen and oxygen atoms in total. The van der Waals surface area contributed by atoms with E-state index in [0.717, 1.165) is 12.8 Å². The summed E-state index contributed by atoms with van der Waals surface area (Å²) in [5.74, 6) is 1.18. The van der Waals surface area contributed by atoms with Gasteiger partial charge in [0.25, 0.3) is 5.89 Å². The molecule has 0 amide bonds. The molecule has 3 rings (SSSR count). The van der Waals surface area contributed by atoms with Crippen molar-refractivity contribution in [3.05, 3.63) is 17.3 Å². The van der Waals surface area contributed by atoms with Crippen LogP contribution in [0.25, 0.3) is 11.5 Å². The van der Waals surface area contributed by atoms with Crippen LogP contribution in [0.5, 0.6) is 0 Å². The fourth-order valence-electron chi connectivity index (χ4n) is 2.91. The maximum atomic E-state index is 12.8. The van der Waals surface area contributed by atoms with Gasteiger partial charge in [0.2, 0.25) is 15.9 Å². The Morgan fingerprint density at radius 3 is 2.58 bits per heavy atom. The van der Waals surface area contributed by atoms with Crippen LogP contribution in [0.15, 0.2) is 9.31 Å². The smallest absolute Gasteiger partial charge is 0.250 e. The summed E-state index contributed by atoms with van der Waals surface area (Å²) in [6.45, 7) is 7.34. The van der Waals surface area contributed by atoms with Crippen molar-refractivity contribution in [2.75, 3.05) is 0 Å². The molecule has 0 aromatic carbocycles. The molecule has 0 radical (unpaired) electrons. The second kappa shape index (κ2) is 6.33. The molecule has 1 unspecified atom stereocenters. The Hall–Kier alpha value is -1.67. The van der Waals surface area contributed by atoms with Crippen LogP contribution in [0.1, 0.15) is 62.7 Å². The zero-order valence-corrected chi connectivity index (χ0v) is 15.3. The molecule has 8 heteroatoms. The normalized spacial score (nSPS) is 17.0. The monoisotopic (exact) mass is 352 g/mol. The van der Waals surface area contributed by atoms with Crippen LogP contribution >= 0.6 is 0 Å². The zero-order valence-electron chi connectivity index (χ0n) is 14.5. The number of nitrogens with one attached hydrogen (secondary N) is 2. The molecule has 24 heavy (non-hydrogen) atoms. The van der Waals surface area contributed by atoms with Gasteiger partial charge in [0, 0.05) is 23.3 Å². The highest BCUT2D eigenvalue weighted by Gasteiger charge is 2.31. The van der Waals surface area contributed by atoms with E-state index in [4.69, 9.17) is 4.42 Å². The lowest BCUT2D eigenvalue weighted by atomic mass is 9.85. The first-order valence-corrected chi connectivity index (χ1v) is 9.87. The summed E-state index contributed by atoms with van der Waals surface area (Å²) in [6, 6.07) is -0.148. The molecular formula is C16H24N4O3S. The summed E-state index contributed by atoms with van der Waals surface area (Å²) < 4.78 is 34.1. The van der Waals surface area contributed by atoms with Crippen LogP contribution in [-0.4, -0.2) is 29.6 Å². The summed E-state index contributed by atoms with van der Waals surface area (Å²) in [5.41, 5.74) is 1.75. The molecule has 2 N–H and O–H groups in total. The molecule has 1 fully saturated rings. The van der Waals surface area contributed by atoms with E-state index in [1.807, 2.05) is 20.8 Å². The lowest BCUT2D eigenvalue weighted by Crippen LogP contribution is -2.32. The third-order valence-corrected chi connectivity index (χ3v) is 6.42. The average Bonchev–Trinajstić information content (AvgIpc) is 3.00. The van der Waals surface area contributed by atoms with E-state index in [0.29, 0.717) is 35.2 Å². The molecule has 1 saturated carbocycles. The van der Waals surface area contributed by atoms with Crippen molar-refractivity contribution in [3.8, 4) is 11.5 Å². The molecule has 0 saturated heterocycles. The lowest BCUT2D eigenvalue weighted by Gasteiger charge is -2.20. The van der Waals surface area contributed by atoms with E-state index in [2.05, 4.69) is 19.9 Å². The molecule has 1 aliphatic rings. The molecule has 0 aliphatic heterocycles. The van der Waals surface area contributed by atoms with Crippen LogP contribution < -0.4 is 4.72 Å². The molecule has 2 heterocycles. The van der Waals surface area contributed by atoms with E-state index in [-0.39, 0.29) is 16.8 Å². The topological polar surface area (TPSA) is 101 Å². The molecule has 2 aromatic rings. The Labute approximate surface area is 142 Å². The zero-order chi connectivity index (χ0) is 17.5. The number of rotatable bonds is 6. The molecule has 2 aromatic heterocycles. The van der Waals surface area contributed by atoms with Crippen LogP contribution in [0.3, 0.4) is 0 Å². The fraction of sp³-hybridized carbons (Fsp3) is 0.625. The van der Waals surface area contributed by atoms with Crippen LogP contribution in [0.4, 0.5) is 0 Å². The second-order valence-electron chi connectivity index (χ2n) is 6.58. The number of sulfonamides is 1. The largest absolute Gasteiger partial charge is 0.420 e. The van der Waals surface area contributed by atoms with E-state index in [9.17, 15) is 8.42 Å². The number of nitrogens with zero attached hydrogens (tertiary/aromatic N) is 2. The lowest BCUT2D eigenvalue weighted by molar-refractivity contribution is 0.338. The first kappa shape index (κ1) is 17.2. The van der Waals surface area contributed by atoms with Gasteiger partial charge in [0.15, 0.2) is 0 Å². The summed E-state index contributed by atoms with van der Waals surface area (Å²) in [7, 11) is -3.67. The number of aryl methyl sites for hydroxylation is 2. The number of aromatic nitrogens is 3. The molecule has 1 atom stereocenters. The van der Waals surface area contributed by atoms with Gasteiger partial charge in [-0.25, -0.2) is 13.1 Å². The Morgan fingerprint density at radius 2 is 2.00 bits per heavy atom. The van der Waals surface area contributed by atoms with Crippen molar-refractivity contribution in [3.63, 3.8) is 0 Å². The van der Waals surface area contributed by atoms with Crippen molar-refractivity contribution in [1.29, 1.82) is 0 Å². The van der Waals surface area contributed by atoms with Crippen molar-refractivity contribution >= 4 is 10.0 Å². The van der Waals surface area contributed by atoms with E-state index in [1.165, 1.54) is 6.42 Å². The Morgan fingerprint density at radius 1 is 1.29 bits per heavy atom. The van der Waals surface area contributed by atoms with Crippen molar-refractivity contribution in [2.45, 2.75) is 70.2 Å². The SMILES string of the molecule is CCC(C)NS(=O)(=O)c1c(C)[nH]c(C)c1-c1nnc(C2CCC2)o1. The maximum Gasteiger partial charge on any atom is 0.250 e. The number of aromatic amines is 1. The van der Waals surface area contributed by atoms with Gasteiger partial charge in [-0.2, -0.15) is 0 Å².